The summed E-state index contributed by atoms with van der Waals surface area (Å²) in [7, 11) is 3.18. The molecule has 33 heavy (non-hydrogen) atoms. The molecule has 1 atom stereocenters. The first-order chi connectivity index (χ1) is 15.8. The number of hydrogen-bond acceptors (Lipinski definition) is 6. The van der Waals surface area contributed by atoms with Gasteiger partial charge in [-0.15, -0.1) is 0 Å². The fourth-order valence-corrected chi connectivity index (χ4v) is 4.21. The van der Waals surface area contributed by atoms with Crippen molar-refractivity contribution in [3.8, 4) is 23.1 Å². The molecule has 4 aromatic rings. The molecule has 1 fully saturated rings. The number of aryl methyl sites for hydroxylation is 1. The average Bonchev–Trinajstić information content (AvgIpc) is 3.14. The van der Waals surface area contributed by atoms with Gasteiger partial charge in [0.05, 0.1) is 19.2 Å². The Labute approximate surface area is 189 Å². The zero-order chi connectivity index (χ0) is 23.2. The van der Waals surface area contributed by atoms with Crippen molar-refractivity contribution in [3.63, 3.8) is 0 Å². The first kappa shape index (κ1) is 21.4. The van der Waals surface area contributed by atoms with Gasteiger partial charge in [-0.3, -0.25) is 0 Å². The highest BCUT2D eigenvalue weighted by Crippen LogP contribution is 2.40. The molecule has 0 aliphatic carbocycles. The van der Waals surface area contributed by atoms with Crippen LogP contribution in [0.2, 0.25) is 0 Å². The van der Waals surface area contributed by atoms with Crippen molar-refractivity contribution in [1.82, 2.24) is 19.9 Å². The van der Waals surface area contributed by atoms with E-state index in [-0.39, 0.29) is 24.6 Å². The number of benzene rings is 2. The van der Waals surface area contributed by atoms with Crippen molar-refractivity contribution >= 4 is 21.8 Å². The highest BCUT2D eigenvalue weighted by molar-refractivity contribution is 5.91. The van der Waals surface area contributed by atoms with Gasteiger partial charge in [0.15, 0.2) is 6.10 Å². The number of hydrogen-bond donors (Lipinski definition) is 1. The number of halogens is 2. The number of H-pyrrole nitrogens is 1. The number of nitrogens with zero attached hydrogens (tertiary/aromatic N) is 3. The van der Waals surface area contributed by atoms with E-state index in [0.29, 0.717) is 28.9 Å². The van der Waals surface area contributed by atoms with Gasteiger partial charge in [0.1, 0.15) is 29.0 Å². The average molecular weight is 454 g/mol. The van der Waals surface area contributed by atoms with E-state index < -0.39 is 12.0 Å². The molecule has 9 heteroatoms. The van der Waals surface area contributed by atoms with Crippen molar-refractivity contribution in [2.75, 3.05) is 27.2 Å². The van der Waals surface area contributed by atoms with E-state index in [9.17, 15) is 8.78 Å². The summed E-state index contributed by atoms with van der Waals surface area (Å²) in [4.78, 5) is 13.4. The van der Waals surface area contributed by atoms with Gasteiger partial charge in [-0.05, 0) is 38.2 Å². The number of aromatic amines is 1. The number of likely N-dealkylation sites (tertiary alicyclic amines) is 1. The van der Waals surface area contributed by atoms with Crippen LogP contribution in [0, 0.1) is 6.92 Å². The molecule has 0 unspecified atom stereocenters. The number of rotatable bonds is 5. The quantitative estimate of drug-likeness (QED) is 0.461. The van der Waals surface area contributed by atoms with Gasteiger partial charge in [-0.1, -0.05) is 0 Å². The highest BCUT2D eigenvalue weighted by atomic mass is 19.3. The summed E-state index contributed by atoms with van der Waals surface area (Å²) in [6.45, 7) is 2.13. The molecular weight excluding hydrogens is 430 g/mol. The Morgan fingerprint density at radius 3 is 2.76 bits per heavy atom. The summed E-state index contributed by atoms with van der Waals surface area (Å²) < 4.78 is 46.8. The predicted octanol–water partition coefficient (Wildman–Crippen LogP) is 4.94. The highest BCUT2D eigenvalue weighted by Gasteiger charge is 2.45. The van der Waals surface area contributed by atoms with Crippen LogP contribution in [0.25, 0.3) is 21.8 Å². The molecule has 0 spiro atoms. The van der Waals surface area contributed by atoms with Crippen LogP contribution in [0.5, 0.6) is 23.1 Å². The van der Waals surface area contributed by atoms with Gasteiger partial charge in [-0.25, -0.2) is 18.7 Å². The molecule has 1 N–H and O–H groups in total. The van der Waals surface area contributed by atoms with Crippen molar-refractivity contribution in [3.05, 3.63) is 48.4 Å². The standard InChI is InChI=1S/C24H24F2N4O3/c1-14-8-15-9-16(4-5-18(15)29-14)32-23-22-19(27-13-28-23)10-17(31-3)11-20(22)33-21-6-7-30(2)12-24(21,25)26/h4-5,8-11,13,21,29H,6-7,12H2,1-3H3/t21-/m0/s1. The molecule has 0 saturated carbocycles. The molecule has 0 bridgehead atoms. The molecule has 1 aliphatic heterocycles. The fraction of sp³-hybridized carbons (Fsp3) is 0.333. The number of piperidine rings is 1. The number of methoxy groups -OCH3 is 1. The second kappa shape index (κ2) is 8.15. The Kier molecular flexibility index (Phi) is 5.28. The smallest absolute Gasteiger partial charge is 0.296 e. The molecule has 5 rings (SSSR count). The number of alkyl halides is 2. The van der Waals surface area contributed by atoms with Gasteiger partial charge in [0, 0.05) is 41.7 Å². The Morgan fingerprint density at radius 2 is 1.97 bits per heavy atom. The van der Waals surface area contributed by atoms with Crippen LogP contribution in [-0.4, -0.2) is 59.1 Å². The number of fused-ring (bicyclic) bond motifs is 2. The number of aromatic nitrogens is 3. The molecule has 1 saturated heterocycles. The summed E-state index contributed by atoms with van der Waals surface area (Å²) in [6.07, 6.45) is 0.274. The number of ether oxygens (including phenoxy) is 3. The third kappa shape index (κ3) is 4.16. The summed E-state index contributed by atoms with van der Waals surface area (Å²) in [5.74, 6) is -1.57. The molecule has 7 nitrogen and oxygen atoms in total. The van der Waals surface area contributed by atoms with Crippen molar-refractivity contribution in [2.45, 2.75) is 25.4 Å². The Morgan fingerprint density at radius 1 is 1.12 bits per heavy atom. The summed E-state index contributed by atoms with van der Waals surface area (Å²) >= 11 is 0. The Bertz CT molecular complexity index is 1320. The van der Waals surface area contributed by atoms with Gasteiger partial charge < -0.3 is 24.1 Å². The minimum Gasteiger partial charge on any atom is -0.497 e. The van der Waals surface area contributed by atoms with Crippen molar-refractivity contribution in [1.29, 1.82) is 0 Å². The van der Waals surface area contributed by atoms with Gasteiger partial charge in [-0.2, -0.15) is 0 Å². The first-order valence-corrected chi connectivity index (χ1v) is 10.7. The molecule has 0 radical (unpaired) electrons. The maximum absolute atomic E-state index is 14.7. The van der Waals surface area contributed by atoms with E-state index in [1.165, 1.54) is 13.4 Å². The SMILES string of the molecule is COc1cc(O[C@H]2CCN(C)CC2(F)F)c2c(Oc3ccc4[nH]c(C)cc4c3)ncnc2c1. The molecule has 1 aliphatic rings. The largest absolute Gasteiger partial charge is 0.497 e. The lowest BCUT2D eigenvalue weighted by Gasteiger charge is -2.36. The van der Waals surface area contributed by atoms with E-state index in [2.05, 4.69) is 15.0 Å². The lowest BCUT2D eigenvalue weighted by Crippen LogP contribution is -2.52. The second-order valence-corrected chi connectivity index (χ2v) is 8.40. The molecule has 0 amide bonds. The monoisotopic (exact) mass is 454 g/mol. The lowest BCUT2D eigenvalue weighted by atomic mass is 10.0. The third-order valence-electron chi connectivity index (χ3n) is 5.81. The van der Waals surface area contributed by atoms with Crippen LogP contribution >= 0.6 is 0 Å². The minimum atomic E-state index is -3.00. The van der Waals surface area contributed by atoms with Crippen molar-refractivity contribution in [2.24, 2.45) is 0 Å². The first-order valence-electron chi connectivity index (χ1n) is 10.7. The van der Waals surface area contributed by atoms with E-state index in [0.717, 1.165) is 16.6 Å². The van der Waals surface area contributed by atoms with Crippen LogP contribution in [-0.2, 0) is 0 Å². The molecule has 2 aromatic carbocycles. The molecular formula is C24H24F2N4O3. The molecule has 172 valence electrons. The van der Waals surface area contributed by atoms with Crippen LogP contribution < -0.4 is 14.2 Å². The van der Waals surface area contributed by atoms with Crippen LogP contribution in [0.4, 0.5) is 8.78 Å². The third-order valence-corrected chi connectivity index (χ3v) is 5.81. The van der Waals surface area contributed by atoms with Gasteiger partial charge >= 0.3 is 0 Å². The zero-order valence-corrected chi connectivity index (χ0v) is 18.6. The number of nitrogens with one attached hydrogen (secondary N) is 1. The maximum atomic E-state index is 14.7. The molecule has 2 aromatic heterocycles. The van der Waals surface area contributed by atoms with Crippen LogP contribution in [0.15, 0.2) is 42.7 Å². The van der Waals surface area contributed by atoms with E-state index in [1.807, 2.05) is 31.2 Å². The minimum absolute atomic E-state index is 0.190. The van der Waals surface area contributed by atoms with Gasteiger partial charge in [0.2, 0.25) is 5.88 Å². The maximum Gasteiger partial charge on any atom is 0.296 e. The Balaban J connectivity index is 1.56. The van der Waals surface area contributed by atoms with Crippen LogP contribution in [0.1, 0.15) is 12.1 Å². The van der Waals surface area contributed by atoms with E-state index in [4.69, 9.17) is 14.2 Å². The fourth-order valence-electron chi connectivity index (χ4n) is 4.21. The summed E-state index contributed by atoms with van der Waals surface area (Å²) in [6, 6.07) is 10.9. The second-order valence-electron chi connectivity index (χ2n) is 8.40. The lowest BCUT2D eigenvalue weighted by molar-refractivity contribution is -0.134. The Hall–Kier alpha value is -3.46. The zero-order valence-electron chi connectivity index (χ0n) is 18.6. The van der Waals surface area contributed by atoms with Crippen LogP contribution in [0.3, 0.4) is 0 Å². The van der Waals surface area contributed by atoms with E-state index in [1.54, 1.807) is 24.1 Å². The predicted molar refractivity (Wildman–Crippen MR) is 121 cm³/mol. The summed E-state index contributed by atoms with van der Waals surface area (Å²) in [5, 5.41) is 1.41. The normalized spacial score (nSPS) is 18.5. The van der Waals surface area contributed by atoms with E-state index >= 15 is 0 Å². The van der Waals surface area contributed by atoms with Gasteiger partial charge in [0.25, 0.3) is 5.92 Å². The topological polar surface area (TPSA) is 72.5 Å². The van der Waals surface area contributed by atoms with Crippen molar-refractivity contribution < 1.29 is 23.0 Å². The molecule has 3 heterocycles. The summed E-state index contributed by atoms with van der Waals surface area (Å²) in [5.41, 5.74) is 2.51.